The number of imidazole rings is 1. The van der Waals surface area contributed by atoms with Crippen LogP contribution in [0.15, 0.2) is 42.6 Å². The van der Waals surface area contributed by atoms with Gasteiger partial charge in [-0.15, -0.1) is 0 Å². The highest BCUT2D eigenvalue weighted by molar-refractivity contribution is 5.68. The first-order valence-electron chi connectivity index (χ1n) is 9.16. The maximum Gasteiger partial charge on any atom is 0.137 e. The lowest BCUT2D eigenvalue weighted by Gasteiger charge is -2.30. The van der Waals surface area contributed by atoms with Gasteiger partial charge in [0.25, 0.3) is 0 Å². The van der Waals surface area contributed by atoms with Gasteiger partial charge >= 0.3 is 0 Å². The van der Waals surface area contributed by atoms with Crippen molar-refractivity contribution in [2.75, 3.05) is 18.8 Å². The van der Waals surface area contributed by atoms with E-state index in [4.69, 9.17) is 10.7 Å². The van der Waals surface area contributed by atoms with Crippen molar-refractivity contribution >= 4 is 11.3 Å². The third-order valence-electron chi connectivity index (χ3n) is 5.30. The van der Waals surface area contributed by atoms with Gasteiger partial charge in [-0.3, -0.25) is 4.90 Å². The Labute approximate surface area is 149 Å². The molecule has 1 aromatic carbocycles. The van der Waals surface area contributed by atoms with Crippen LogP contribution in [-0.4, -0.2) is 27.4 Å². The number of likely N-dealkylation sites (tertiary alicyclic amines) is 1. The van der Waals surface area contributed by atoms with Gasteiger partial charge in [0.2, 0.25) is 0 Å². The summed E-state index contributed by atoms with van der Waals surface area (Å²) in [7, 11) is 0. The summed E-state index contributed by atoms with van der Waals surface area (Å²) in [6.07, 6.45) is 4.77. The lowest BCUT2D eigenvalue weighted by atomic mass is 9.99. The summed E-state index contributed by atoms with van der Waals surface area (Å²) < 4.78 is 2.26. The number of aromatic nitrogens is 2. The predicted molar refractivity (Wildman–Crippen MR) is 103 cm³/mol. The molecule has 3 heterocycles. The number of nitrogens with zero attached hydrogens (tertiary/aromatic N) is 3. The molecule has 0 amide bonds. The van der Waals surface area contributed by atoms with Crippen LogP contribution in [-0.2, 0) is 6.54 Å². The Balaban J connectivity index is 1.77. The second kappa shape index (κ2) is 6.52. The van der Waals surface area contributed by atoms with E-state index in [9.17, 15) is 0 Å². The number of benzene rings is 1. The van der Waals surface area contributed by atoms with Crippen LogP contribution in [0.1, 0.15) is 31.0 Å². The molecule has 0 radical (unpaired) electrons. The van der Waals surface area contributed by atoms with E-state index < -0.39 is 0 Å². The minimum atomic E-state index is 0.787. The van der Waals surface area contributed by atoms with Crippen molar-refractivity contribution in [2.24, 2.45) is 5.92 Å². The minimum absolute atomic E-state index is 0.787. The number of nitrogens with two attached hydrogens (primary N) is 1. The smallest absolute Gasteiger partial charge is 0.137 e. The van der Waals surface area contributed by atoms with Gasteiger partial charge in [-0.1, -0.05) is 25.1 Å². The van der Waals surface area contributed by atoms with E-state index in [-0.39, 0.29) is 0 Å². The van der Waals surface area contributed by atoms with Crippen molar-refractivity contribution in [3.63, 3.8) is 0 Å². The van der Waals surface area contributed by atoms with Gasteiger partial charge in [-0.25, -0.2) is 4.98 Å². The highest BCUT2D eigenvalue weighted by atomic mass is 15.2. The molecule has 4 heteroatoms. The van der Waals surface area contributed by atoms with Crippen molar-refractivity contribution in [3.8, 4) is 11.3 Å². The van der Waals surface area contributed by atoms with E-state index in [1.54, 1.807) is 0 Å². The summed E-state index contributed by atoms with van der Waals surface area (Å²) in [5.74, 6) is 0.845. The Hall–Kier alpha value is -2.33. The fourth-order valence-electron chi connectivity index (χ4n) is 3.65. The zero-order valence-corrected chi connectivity index (χ0v) is 15.1. The van der Waals surface area contributed by atoms with Crippen LogP contribution in [0.4, 0.5) is 5.69 Å². The van der Waals surface area contributed by atoms with E-state index in [1.165, 1.54) is 37.2 Å². The lowest BCUT2D eigenvalue weighted by Crippen LogP contribution is -2.32. The first-order chi connectivity index (χ1) is 12.1. The van der Waals surface area contributed by atoms with E-state index in [2.05, 4.69) is 53.6 Å². The van der Waals surface area contributed by atoms with E-state index >= 15 is 0 Å². The van der Waals surface area contributed by atoms with Gasteiger partial charge in [0, 0.05) is 24.0 Å². The quantitative estimate of drug-likeness (QED) is 0.733. The zero-order chi connectivity index (χ0) is 17.4. The summed E-state index contributed by atoms with van der Waals surface area (Å²) in [5, 5.41) is 0. The number of rotatable bonds is 3. The number of pyridine rings is 1. The molecule has 0 bridgehead atoms. The molecular weight excluding hydrogens is 308 g/mol. The topological polar surface area (TPSA) is 46.6 Å². The van der Waals surface area contributed by atoms with Crippen LogP contribution >= 0.6 is 0 Å². The number of hydrogen-bond acceptors (Lipinski definition) is 3. The second-order valence-electron chi connectivity index (χ2n) is 7.42. The average Bonchev–Trinajstić information content (AvgIpc) is 2.95. The van der Waals surface area contributed by atoms with Crippen molar-refractivity contribution in [1.29, 1.82) is 0 Å². The Bertz CT molecular complexity index is 871. The summed E-state index contributed by atoms with van der Waals surface area (Å²) in [6, 6.07) is 12.3. The zero-order valence-electron chi connectivity index (χ0n) is 15.1. The summed E-state index contributed by atoms with van der Waals surface area (Å²) in [5.41, 5.74) is 12.4. The van der Waals surface area contributed by atoms with Gasteiger partial charge in [-0.05, 0) is 62.5 Å². The standard InChI is InChI=1S/C21H26N4/c1-15-9-11-24(12-10-15)14-19-21(17-4-6-18(22)7-5-17)23-20-8-3-16(2)13-25(19)20/h3-8,13,15H,9-12,14,22H2,1-2H3. The number of aryl methyl sites for hydroxylation is 1. The first kappa shape index (κ1) is 16.2. The van der Waals surface area contributed by atoms with Gasteiger partial charge in [0.15, 0.2) is 0 Å². The number of nitrogen functional groups attached to an aromatic ring is 1. The molecule has 3 aromatic rings. The molecule has 1 fully saturated rings. The van der Waals surface area contributed by atoms with Gasteiger partial charge < -0.3 is 10.1 Å². The molecule has 25 heavy (non-hydrogen) atoms. The van der Waals surface area contributed by atoms with Crippen LogP contribution in [0, 0.1) is 12.8 Å². The number of piperidine rings is 1. The Kier molecular flexibility index (Phi) is 4.22. The molecule has 130 valence electrons. The molecule has 0 saturated carbocycles. The molecule has 0 aliphatic carbocycles. The summed E-state index contributed by atoms with van der Waals surface area (Å²) >= 11 is 0. The van der Waals surface area contributed by atoms with Crippen LogP contribution in [0.5, 0.6) is 0 Å². The van der Waals surface area contributed by atoms with Crippen molar-refractivity contribution < 1.29 is 0 Å². The third kappa shape index (κ3) is 3.27. The van der Waals surface area contributed by atoms with Crippen LogP contribution in [0.2, 0.25) is 0 Å². The molecule has 4 rings (SSSR count). The average molecular weight is 334 g/mol. The highest BCUT2D eigenvalue weighted by Gasteiger charge is 2.20. The molecule has 2 aromatic heterocycles. The molecule has 1 saturated heterocycles. The highest BCUT2D eigenvalue weighted by Crippen LogP contribution is 2.28. The number of hydrogen-bond donors (Lipinski definition) is 1. The Morgan fingerprint density at radius 2 is 1.80 bits per heavy atom. The summed E-state index contributed by atoms with van der Waals surface area (Å²) in [6.45, 7) is 7.77. The monoisotopic (exact) mass is 334 g/mol. The fourth-order valence-corrected chi connectivity index (χ4v) is 3.65. The van der Waals surface area contributed by atoms with E-state index in [0.29, 0.717) is 0 Å². The predicted octanol–water partition coefficient (Wildman–Crippen LogP) is 4.12. The SMILES string of the molecule is Cc1ccc2nc(-c3ccc(N)cc3)c(CN3CCC(C)CC3)n2c1. The van der Waals surface area contributed by atoms with Crippen LogP contribution in [0.3, 0.4) is 0 Å². The molecule has 0 unspecified atom stereocenters. The number of fused-ring (bicyclic) bond motifs is 1. The molecule has 2 N–H and O–H groups in total. The molecule has 0 spiro atoms. The first-order valence-corrected chi connectivity index (χ1v) is 9.16. The maximum atomic E-state index is 5.87. The van der Waals surface area contributed by atoms with E-state index in [1.807, 2.05) is 12.1 Å². The minimum Gasteiger partial charge on any atom is -0.399 e. The lowest BCUT2D eigenvalue weighted by molar-refractivity contribution is 0.183. The Morgan fingerprint density at radius 3 is 2.52 bits per heavy atom. The Morgan fingerprint density at radius 1 is 1.08 bits per heavy atom. The fraction of sp³-hybridized carbons (Fsp3) is 0.381. The normalized spacial score (nSPS) is 16.6. The molecule has 1 aliphatic rings. The largest absolute Gasteiger partial charge is 0.399 e. The maximum absolute atomic E-state index is 5.87. The van der Waals surface area contributed by atoms with E-state index in [0.717, 1.165) is 35.1 Å². The molecule has 1 aliphatic heterocycles. The molecule has 0 atom stereocenters. The summed E-state index contributed by atoms with van der Waals surface area (Å²) in [4.78, 5) is 7.49. The van der Waals surface area contributed by atoms with Gasteiger partial charge in [0.1, 0.15) is 5.65 Å². The molecule has 4 nitrogen and oxygen atoms in total. The third-order valence-corrected chi connectivity index (χ3v) is 5.30. The van der Waals surface area contributed by atoms with Gasteiger partial charge in [0.05, 0.1) is 11.4 Å². The van der Waals surface area contributed by atoms with Crippen LogP contribution in [0.25, 0.3) is 16.9 Å². The van der Waals surface area contributed by atoms with Gasteiger partial charge in [-0.2, -0.15) is 0 Å². The van der Waals surface area contributed by atoms with Crippen molar-refractivity contribution in [2.45, 2.75) is 33.2 Å². The number of anilines is 1. The van der Waals surface area contributed by atoms with Crippen molar-refractivity contribution in [1.82, 2.24) is 14.3 Å². The van der Waals surface area contributed by atoms with Crippen LogP contribution < -0.4 is 5.73 Å². The second-order valence-corrected chi connectivity index (χ2v) is 7.42. The molecular formula is C21H26N4. The van der Waals surface area contributed by atoms with Crippen molar-refractivity contribution in [3.05, 3.63) is 53.9 Å².